The third-order valence-electron chi connectivity index (χ3n) is 1.64. The van der Waals surface area contributed by atoms with Crippen LogP contribution in [0.15, 0.2) is 23.3 Å². The first-order chi connectivity index (χ1) is 6.27. The van der Waals surface area contributed by atoms with Gasteiger partial charge in [0.15, 0.2) is 13.1 Å². The first-order valence-electron chi connectivity index (χ1n) is 3.64. The van der Waals surface area contributed by atoms with Crippen LogP contribution in [0.25, 0.3) is 0 Å². The summed E-state index contributed by atoms with van der Waals surface area (Å²) < 4.78 is 4.94. The molecule has 1 aromatic rings. The van der Waals surface area contributed by atoms with E-state index in [1.165, 1.54) is 6.40 Å². The van der Waals surface area contributed by atoms with E-state index in [4.69, 9.17) is 27.9 Å². The molecule has 0 aromatic heterocycles. The minimum Gasteiger partial charge on any atom is -0.459 e. The Morgan fingerprint density at radius 3 is 2.92 bits per heavy atom. The van der Waals surface area contributed by atoms with E-state index in [2.05, 4.69) is 5.10 Å². The van der Waals surface area contributed by atoms with Gasteiger partial charge in [0.2, 0.25) is 0 Å². The molecule has 0 amide bonds. The Kier molecular flexibility index (Phi) is 2.29. The van der Waals surface area contributed by atoms with Crippen molar-refractivity contribution < 1.29 is 4.74 Å². The first-order valence-corrected chi connectivity index (χ1v) is 4.39. The number of halogens is 2. The van der Waals surface area contributed by atoms with Crippen LogP contribution in [0.1, 0.15) is 0 Å². The second-order valence-electron chi connectivity index (χ2n) is 2.51. The molecule has 1 heterocycles. The lowest BCUT2D eigenvalue weighted by Gasteiger charge is -2.13. The third kappa shape index (κ3) is 1.71. The van der Waals surface area contributed by atoms with Gasteiger partial charge in [-0.05, 0) is 18.2 Å². The van der Waals surface area contributed by atoms with E-state index < -0.39 is 0 Å². The summed E-state index contributed by atoms with van der Waals surface area (Å²) in [5, 5.41) is 6.81. The van der Waals surface area contributed by atoms with Crippen LogP contribution in [-0.4, -0.2) is 13.1 Å². The van der Waals surface area contributed by atoms with E-state index in [9.17, 15) is 0 Å². The highest BCUT2D eigenvalue weighted by molar-refractivity contribution is 6.35. The van der Waals surface area contributed by atoms with Crippen molar-refractivity contribution in [2.24, 2.45) is 5.10 Å². The van der Waals surface area contributed by atoms with Crippen molar-refractivity contribution in [3.8, 4) is 0 Å². The second kappa shape index (κ2) is 3.44. The Morgan fingerprint density at radius 2 is 2.23 bits per heavy atom. The van der Waals surface area contributed by atoms with Gasteiger partial charge in [-0.25, -0.2) is 5.01 Å². The highest BCUT2D eigenvalue weighted by Gasteiger charge is 2.13. The Hall–Kier alpha value is -0.930. The number of ether oxygens (including phenoxy) is 1. The maximum Gasteiger partial charge on any atom is 0.195 e. The second-order valence-corrected chi connectivity index (χ2v) is 3.36. The highest BCUT2D eigenvalue weighted by Crippen LogP contribution is 2.29. The Labute approximate surface area is 85.5 Å². The topological polar surface area (TPSA) is 24.8 Å². The summed E-state index contributed by atoms with van der Waals surface area (Å²) in [6.07, 6.45) is 1.37. The molecule has 0 saturated heterocycles. The van der Waals surface area contributed by atoms with E-state index >= 15 is 0 Å². The molecule has 5 heteroatoms. The van der Waals surface area contributed by atoms with Gasteiger partial charge >= 0.3 is 0 Å². The number of hydrogen-bond donors (Lipinski definition) is 0. The summed E-state index contributed by atoms with van der Waals surface area (Å²) >= 11 is 11.8. The lowest BCUT2D eigenvalue weighted by molar-refractivity contribution is 0.350. The van der Waals surface area contributed by atoms with Gasteiger partial charge in [-0.2, -0.15) is 0 Å². The number of nitrogens with zero attached hydrogens (tertiary/aromatic N) is 2. The molecule has 3 nitrogen and oxygen atoms in total. The quantitative estimate of drug-likeness (QED) is 0.722. The number of hydrogen-bond acceptors (Lipinski definition) is 3. The fourth-order valence-electron chi connectivity index (χ4n) is 1.04. The smallest absolute Gasteiger partial charge is 0.195 e. The molecule has 2 rings (SSSR count). The molecule has 0 spiro atoms. The van der Waals surface area contributed by atoms with Gasteiger partial charge in [0.1, 0.15) is 0 Å². The van der Waals surface area contributed by atoms with Crippen LogP contribution in [0.3, 0.4) is 0 Å². The van der Waals surface area contributed by atoms with Gasteiger partial charge in [0.25, 0.3) is 0 Å². The van der Waals surface area contributed by atoms with Crippen LogP contribution in [0.2, 0.25) is 10.0 Å². The number of benzene rings is 1. The summed E-state index contributed by atoms with van der Waals surface area (Å²) in [5.41, 5.74) is 0.753. The molecule has 0 N–H and O–H groups in total. The van der Waals surface area contributed by atoms with Crippen molar-refractivity contribution >= 4 is 35.3 Å². The predicted octanol–water partition coefficient (Wildman–Crippen LogP) is 2.73. The van der Waals surface area contributed by atoms with E-state index in [1.54, 1.807) is 23.2 Å². The summed E-state index contributed by atoms with van der Waals surface area (Å²) in [6.45, 7) is 0.375. The fourth-order valence-corrected chi connectivity index (χ4v) is 1.42. The Bertz CT molecular complexity index is 354. The molecule has 0 aliphatic carbocycles. The minimum atomic E-state index is 0.375. The minimum absolute atomic E-state index is 0.375. The Morgan fingerprint density at radius 1 is 1.38 bits per heavy atom. The zero-order valence-corrected chi connectivity index (χ0v) is 8.09. The maximum absolute atomic E-state index is 5.95. The molecule has 1 aromatic carbocycles. The fraction of sp³-hybridized carbons (Fsp3) is 0.125. The third-order valence-corrected chi connectivity index (χ3v) is 2.20. The summed E-state index contributed by atoms with van der Waals surface area (Å²) in [7, 11) is 0. The average molecular weight is 217 g/mol. The van der Waals surface area contributed by atoms with Crippen molar-refractivity contribution in [2.75, 3.05) is 11.7 Å². The van der Waals surface area contributed by atoms with Crippen LogP contribution in [0.5, 0.6) is 0 Å². The SMILES string of the molecule is Clc1ccc(Cl)c(N2COC=N2)c1. The molecule has 1 aliphatic rings. The summed E-state index contributed by atoms with van der Waals surface area (Å²) in [5.74, 6) is 0. The van der Waals surface area contributed by atoms with Crippen molar-refractivity contribution in [1.29, 1.82) is 0 Å². The van der Waals surface area contributed by atoms with Gasteiger partial charge in [-0.15, -0.1) is 5.10 Å². The number of anilines is 1. The van der Waals surface area contributed by atoms with E-state index in [0.717, 1.165) is 5.69 Å². The molecule has 0 unspecified atom stereocenters. The van der Waals surface area contributed by atoms with E-state index in [1.807, 2.05) is 0 Å². The van der Waals surface area contributed by atoms with Crippen LogP contribution in [0, 0.1) is 0 Å². The van der Waals surface area contributed by atoms with Gasteiger partial charge < -0.3 is 4.74 Å². The molecule has 1 aliphatic heterocycles. The lowest BCUT2D eigenvalue weighted by Crippen LogP contribution is -2.13. The molecule has 0 saturated carbocycles. The maximum atomic E-state index is 5.95. The number of rotatable bonds is 1. The molecular formula is C8H6Cl2N2O. The van der Waals surface area contributed by atoms with Crippen molar-refractivity contribution in [2.45, 2.75) is 0 Å². The van der Waals surface area contributed by atoms with Gasteiger partial charge in [0, 0.05) is 5.02 Å². The van der Waals surface area contributed by atoms with Gasteiger partial charge in [-0.1, -0.05) is 23.2 Å². The average Bonchev–Trinajstić information content (AvgIpc) is 2.61. The molecule has 13 heavy (non-hydrogen) atoms. The van der Waals surface area contributed by atoms with Crippen LogP contribution in [0.4, 0.5) is 5.69 Å². The summed E-state index contributed by atoms with van der Waals surface area (Å²) in [6, 6.07) is 5.21. The molecule has 0 fully saturated rings. The standard InChI is InChI=1S/C8H6Cl2N2O/c9-6-1-2-7(10)8(3-6)12-5-13-4-11-12/h1-4H,5H2. The molecule has 0 bridgehead atoms. The largest absolute Gasteiger partial charge is 0.459 e. The highest BCUT2D eigenvalue weighted by atomic mass is 35.5. The van der Waals surface area contributed by atoms with Crippen molar-refractivity contribution in [1.82, 2.24) is 0 Å². The Balaban J connectivity index is 2.37. The zero-order valence-electron chi connectivity index (χ0n) is 6.58. The zero-order chi connectivity index (χ0) is 9.26. The van der Waals surface area contributed by atoms with Gasteiger partial charge in [0.05, 0.1) is 10.7 Å². The summed E-state index contributed by atoms with van der Waals surface area (Å²) in [4.78, 5) is 0. The monoisotopic (exact) mass is 216 g/mol. The first kappa shape index (κ1) is 8.66. The molecule has 0 radical (unpaired) electrons. The van der Waals surface area contributed by atoms with Crippen LogP contribution in [-0.2, 0) is 4.74 Å². The van der Waals surface area contributed by atoms with Crippen LogP contribution < -0.4 is 5.01 Å². The van der Waals surface area contributed by atoms with E-state index in [-0.39, 0.29) is 0 Å². The molecular weight excluding hydrogens is 211 g/mol. The van der Waals surface area contributed by atoms with Gasteiger partial charge in [-0.3, -0.25) is 0 Å². The number of hydrazone groups is 1. The lowest BCUT2D eigenvalue weighted by atomic mass is 10.3. The molecule has 0 atom stereocenters. The molecule has 68 valence electrons. The van der Waals surface area contributed by atoms with Crippen LogP contribution >= 0.6 is 23.2 Å². The van der Waals surface area contributed by atoms with Crippen molar-refractivity contribution in [3.05, 3.63) is 28.2 Å². The predicted molar refractivity (Wildman–Crippen MR) is 53.4 cm³/mol. The normalized spacial score (nSPS) is 14.8. The van der Waals surface area contributed by atoms with Crippen molar-refractivity contribution in [3.63, 3.8) is 0 Å². The van der Waals surface area contributed by atoms with E-state index in [0.29, 0.717) is 16.8 Å².